The molecule has 29 heavy (non-hydrogen) atoms. The smallest absolute Gasteiger partial charge is 0.249 e. The van der Waals surface area contributed by atoms with Gasteiger partial charge in [0.25, 0.3) is 0 Å². The second-order valence-corrected chi connectivity index (χ2v) is 21.2. The van der Waals surface area contributed by atoms with E-state index in [2.05, 4.69) is 86.0 Å². The molecule has 0 spiro atoms. The molecular formula is C23H46O4Si2. The van der Waals surface area contributed by atoms with Crippen LogP contribution in [-0.4, -0.2) is 41.2 Å². The normalized spacial score (nSPS) is 24.0. The molecule has 1 fully saturated rings. The maximum absolute atomic E-state index is 6.39. The van der Waals surface area contributed by atoms with Crippen molar-refractivity contribution in [3.8, 4) is 0 Å². The molecule has 1 rings (SSSR count). The van der Waals surface area contributed by atoms with Gasteiger partial charge in [-0.2, -0.15) is 0 Å². The lowest BCUT2D eigenvalue weighted by Crippen LogP contribution is -2.43. The van der Waals surface area contributed by atoms with Crippen molar-refractivity contribution in [3.63, 3.8) is 0 Å². The summed E-state index contributed by atoms with van der Waals surface area (Å²) in [6.45, 7) is 27.1. The van der Waals surface area contributed by atoms with Crippen LogP contribution in [0.2, 0.25) is 36.3 Å². The van der Waals surface area contributed by atoms with Crippen molar-refractivity contribution in [2.45, 2.75) is 116 Å². The van der Waals surface area contributed by atoms with Crippen molar-refractivity contribution < 1.29 is 18.3 Å². The molecule has 0 N–H and O–H groups in total. The monoisotopic (exact) mass is 442 g/mol. The van der Waals surface area contributed by atoms with E-state index in [-0.39, 0.29) is 22.3 Å². The van der Waals surface area contributed by atoms with E-state index in [4.69, 9.17) is 18.3 Å². The average Bonchev–Trinajstić information content (AvgIpc) is 2.80. The van der Waals surface area contributed by atoms with Gasteiger partial charge in [0, 0.05) is 0 Å². The maximum Gasteiger partial charge on any atom is 0.249 e. The van der Waals surface area contributed by atoms with E-state index in [1.54, 1.807) is 0 Å². The van der Waals surface area contributed by atoms with Gasteiger partial charge in [0.1, 0.15) is 12.2 Å². The molecule has 2 atom stereocenters. The van der Waals surface area contributed by atoms with Gasteiger partial charge in [-0.25, -0.2) is 0 Å². The van der Waals surface area contributed by atoms with Crippen LogP contribution in [0, 0.1) is 0 Å². The molecule has 0 aromatic heterocycles. The van der Waals surface area contributed by atoms with Crippen LogP contribution < -0.4 is 0 Å². The first-order valence-electron chi connectivity index (χ1n) is 10.9. The van der Waals surface area contributed by atoms with Crippen molar-refractivity contribution in [2.75, 3.05) is 6.61 Å². The van der Waals surface area contributed by atoms with Crippen LogP contribution in [-0.2, 0) is 18.3 Å². The minimum absolute atomic E-state index is 0.0807. The summed E-state index contributed by atoms with van der Waals surface area (Å²) in [5, 5.41) is 0.396. The predicted molar refractivity (Wildman–Crippen MR) is 128 cm³/mol. The first-order chi connectivity index (χ1) is 12.9. The van der Waals surface area contributed by atoms with Crippen LogP contribution in [0.25, 0.3) is 0 Å². The quantitative estimate of drug-likeness (QED) is 0.230. The van der Waals surface area contributed by atoms with E-state index in [0.717, 1.165) is 6.42 Å². The van der Waals surface area contributed by atoms with Crippen molar-refractivity contribution in [1.82, 2.24) is 0 Å². The molecule has 4 nitrogen and oxygen atoms in total. The van der Waals surface area contributed by atoms with Crippen LogP contribution in [0.15, 0.2) is 24.5 Å². The highest BCUT2D eigenvalue weighted by molar-refractivity contribution is 6.74. The van der Waals surface area contributed by atoms with E-state index in [0.29, 0.717) is 6.61 Å². The van der Waals surface area contributed by atoms with Gasteiger partial charge in [0.2, 0.25) is 8.32 Å². The van der Waals surface area contributed by atoms with Gasteiger partial charge in [-0.3, -0.25) is 0 Å². The molecular weight excluding hydrogens is 396 g/mol. The number of allylic oxidation sites excluding steroid dienone is 2. The van der Waals surface area contributed by atoms with Crippen LogP contribution >= 0.6 is 0 Å². The highest BCUT2D eigenvalue weighted by Gasteiger charge is 2.43. The molecule has 0 aromatic rings. The summed E-state index contributed by atoms with van der Waals surface area (Å²) in [7, 11) is -3.55. The third-order valence-electron chi connectivity index (χ3n) is 6.50. The molecule has 1 heterocycles. The second-order valence-electron chi connectivity index (χ2n) is 11.6. The number of hydrogen-bond acceptors (Lipinski definition) is 4. The Morgan fingerprint density at radius 2 is 1.41 bits per heavy atom. The zero-order chi connectivity index (χ0) is 22.7. The van der Waals surface area contributed by atoms with Crippen molar-refractivity contribution in [3.05, 3.63) is 24.5 Å². The minimum atomic E-state index is -1.81. The highest BCUT2D eigenvalue weighted by atomic mass is 28.4. The largest absolute Gasteiger partial charge is 0.549 e. The Labute approximate surface area is 182 Å². The van der Waals surface area contributed by atoms with Gasteiger partial charge in [0.15, 0.2) is 14.1 Å². The third kappa shape index (κ3) is 7.98. The Bertz CT molecular complexity index is 581. The van der Waals surface area contributed by atoms with Gasteiger partial charge in [-0.05, 0) is 62.6 Å². The second kappa shape index (κ2) is 9.39. The summed E-state index contributed by atoms with van der Waals surface area (Å²) in [5.74, 6) is -0.586. The summed E-state index contributed by atoms with van der Waals surface area (Å²) in [6.07, 6.45) is 8.80. The number of rotatable bonds is 8. The summed E-state index contributed by atoms with van der Waals surface area (Å²) < 4.78 is 24.7. The number of ether oxygens (including phenoxy) is 2. The lowest BCUT2D eigenvalue weighted by Gasteiger charge is -2.37. The first-order valence-corrected chi connectivity index (χ1v) is 16.7. The molecule has 0 aromatic carbocycles. The molecule has 0 aliphatic carbocycles. The Balaban J connectivity index is 2.63. The first kappa shape index (κ1) is 26.6. The third-order valence-corrected chi connectivity index (χ3v) is 15.3. The lowest BCUT2D eigenvalue weighted by atomic mass is 10.2. The summed E-state index contributed by atoms with van der Waals surface area (Å²) in [5.41, 5.74) is 0. The molecule has 0 saturated carbocycles. The predicted octanol–water partition coefficient (Wildman–Crippen LogP) is 7.01. The van der Waals surface area contributed by atoms with Crippen molar-refractivity contribution in [1.29, 1.82) is 0 Å². The maximum atomic E-state index is 6.39. The number of hydrogen-bond donors (Lipinski definition) is 0. The minimum Gasteiger partial charge on any atom is -0.549 e. The van der Waals surface area contributed by atoms with Crippen LogP contribution in [0.5, 0.6) is 0 Å². The van der Waals surface area contributed by atoms with Gasteiger partial charge in [-0.15, -0.1) is 0 Å². The topological polar surface area (TPSA) is 36.9 Å². The molecule has 170 valence electrons. The summed E-state index contributed by atoms with van der Waals surface area (Å²) in [6, 6.07) is 0. The lowest BCUT2D eigenvalue weighted by molar-refractivity contribution is -0.145. The van der Waals surface area contributed by atoms with Gasteiger partial charge < -0.3 is 18.3 Å². The van der Waals surface area contributed by atoms with Crippen molar-refractivity contribution in [2.24, 2.45) is 0 Å². The summed E-state index contributed by atoms with van der Waals surface area (Å²) >= 11 is 0. The van der Waals surface area contributed by atoms with E-state index in [9.17, 15) is 0 Å². The zero-order valence-corrected chi connectivity index (χ0v) is 23.0. The van der Waals surface area contributed by atoms with E-state index in [1.165, 1.54) is 0 Å². The Morgan fingerprint density at radius 1 is 0.862 bits per heavy atom. The highest BCUT2D eigenvalue weighted by Crippen LogP contribution is 2.38. The van der Waals surface area contributed by atoms with E-state index < -0.39 is 22.4 Å². The molecule has 1 aliphatic heterocycles. The SMILES string of the molecule is CC1(C)O[C@H](/C=C/C/C=C/O[Si](C)(C)C(C)(C)C)[C@@H](CO[Si](C)(C)C(C)(C)C)O1. The zero-order valence-electron chi connectivity index (χ0n) is 21.0. The van der Waals surface area contributed by atoms with Crippen LogP contribution in [0.1, 0.15) is 61.8 Å². The van der Waals surface area contributed by atoms with E-state index in [1.807, 2.05) is 20.1 Å². The Hall–Kier alpha value is -0.406. The van der Waals surface area contributed by atoms with Gasteiger partial charge >= 0.3 is 0 Å². The van der Waals surface area contributed by atoms with Gasteiger partial charge in [0.05, 0.1) is 12.9 Å². The molecule has 0 unspecified atom stereocenters. The molecule has 1 aliphatic rings. The molecule has 1 saturated heterocycles. The van der Waals surface area contributed by atoms with Crippen LogP contribution in [0.4, 0.5) is 0 Å². The van der Waals surface area contributed by atoms with Crippen LogP contribution in [0.3, 0.4) is 0 Å². The molecule has 0 radical (unpaired) electrons. The average molecular weight is 443 g/mol. The Morgan fingerprint density at radius 3 is 1.93 bits per heavy atom. The van der Waals surface area contributed by atoms with Gasteiger partial charge in [-0.1, -0.05) is 53.7 Å². The Kier molecular flexibility index (Phi) is 8.62. The fourth-order valence-electron chi connectivity index (χ4n) is 2.40. The molecule has 6 heteroatoms. The molecule has 0 amide bonds. The standard InChI is InChI=1S/C23H46O4Si2/c1-21(2,3)28(9,10)24-17-15-13-14-16-19-20(27-23(7,8)26-19)18-25-29(11,12)22(4,5)6/h14-17,19-20H,13,18H2,1-12H3/b16-14+,17-15+/t19-,20-/m1/s1. The summed E-state index contributed by atoms with van der Waals surface area (Å²) in [4.78, 5) is 0. The molecule has 0 bridgehead atoms. The fourth-order valence-corrected chi connectivity index (χ4v) is 4.21. The van der Waals surface area contributed by atoms with E-state index >= 15 is 0 Å². The fraction of sp³-hybridized carbons (Fsp3) is 0.826. The van der Waals surface area contributed by atoms with Crippen molar-refractivity contribution >= 4 is 16.6 Å².